The number of hydrogen-bond donors (Lipinski definition) is 1. The van der Waals surface area contributed by atoms with Crippen LogP contribution in [-0.4, -0.2) is 5.50 Å². The molecular formula is C3H3Cl2NO. The Morgan fingerprint density at radius 1 is 1.86 bits per heavy atom. The van der Waals surface area contributed by atoms with Crippen LogP contribution in [0, 0.1) is 0 Å². The summed E-state index contributed by atoms with van der Waals surface area (Å²) in [5.41, 5.74) is 2.14. The summed E-state index contributed by atoms with van der Waals surface area (Å²) in [4.78, 5) is 4.51. The lowest BCUT2D eigenvalue weighted by molar-refractivity contribution is 0.150. The van der Waals surface area contributed by atoms with E-state index in [1.54, 1.807) is 6.08 Å². The zero-order chi connectivity index (χ0) is 5.28. The molecular weight excluding hydrogens is 137 g/mol. The molecule has 0 aromatic heterocycles. The van der Waals surface area contributed by atoms with Crippen molar-refractivity contribution in [1.29, 1.82) is 0 Å². The van der Waals surface area contributed by atoms with Crippen molar-refractivity contribution in [2.24, 2.45) is 0 Å². The highest BCUT2D eigenvalue weighted by atomic mass is 35.5. The van der Waals surface area contributed by atoms with E-state index in [0.717, 1.165) is 0 Å². The third-order valence-electron chi connectivity index (χ3n) is 0.546. The summed E-state index contributed by atoms with van der Waals surface area (Å²) in [6.45, 7) is 0. The quantitative estimate of drug-likeness (QED) is 0.402. The maximum atomic E-state index is 5.41. The summed E-state index contributed by atoms with van der Waals surface area (Å²) in [6, 6.07) is 0. The molecule has 0 spiro atoms. The molecule has 1 rings (SSSR count). The first-order valence-corrected chi connectivity index (χ1v) is 2.54. The lowest BCUT2D eigenvalue weighted by Crippen LogP contribution is -2.12. The van der Waals surface area contributed by atoms with E-state index in [-0.39, 0.29) is 5.50 Å². The summed E-state index contributed by atoms with van der Waals surface area (Å²) in [5, 5.41) is 0.306. The fourth-order valence-corrected chi connectivity index (χ4v) is 0.690. The number of hydroxylamine groups is 1. The Kier molecular flexibility index (Phi) is 1.42. The zero-order valence-electron chi connectivity index (χ0n) is 3.32. The van der Waals surface area contributed by atoms with Crippen LogP contribution in [0.2, 0.25) is 0 Å². The fourth-order valence-electron chi connectivity index (χ4n) is 0.296. The van der Waals surface area contributed by atoms with Gasteiger partial charge in [-0.15, -0.1) is 5.48 Å². The van der Waals surface area contributed by atoms with Crippen molar-refractivity contribution in [3.05, 3.63) is 11.3 Å². The molecule has 1 heterocycles. The van der Waals surface area contributed by atoms with Crippen molar-refractivity contribution in [3.63, 3.8) is 0 Å². The Morgan fingerprint density at radius 3 is 2.71 bits per heavy atom. The van der Waals surface area contributed by atoms with Crippen LogP contribution in [0.25, 0.3) is 0 Å². The van der Waals surface area contributed by atoms with Gasteiger partial charge < -0.3 is 4.84 Å². The summed E-state index contributed by atoms with van der Waals surface area (Å²) in [7, 11) is 0. The van der Waals surface area contributed by atoms with E-state index in [9.17, 15) is 0 Å². The standard InChI is InChI=1S/C3H3Cl2NO/c4-2-1-3(5)7-6-2/h1-2,6H. The molecule has 0 fully saturated rings. The minimum atomic E-state index is -0.271. The largest absolute Gasteiger partial charge is 0.395 e. The second-order valence-corrected chi connectivity index (χ2v) is 1.94. The highest BCUT2D eigenvalue weighted by molar-refractivity contribution is 6.30. The monoisotopic (exact) mass is 139 g/mol. The number of hydrogen-bond acceptors (Lipinski definition) is 2. The highest BCUT2D eigenvalue weighted by Crippen LogP contribution is 2.12. The van der Waals surface area contributed by atoms with Gasteiger partial charge in [0.15, 0.2) is 0 Å². The van der Waals surface area contributed by atoms with Crippen LogP contribution in [0.3, 0.4) is 0 Å². The van der Waals surface area contributed by atoms with Crippen LogP contribution >= 0.6 is 23.2 Å². The lowest BCUT2D eigenvalue weighted by atomic mass is 10.6. The van der Waals surface area contributed by atoms with Gasteiger partial charge in [0.05, 0.1) is 0 Å². The van der Waals surface area contributed by atoms with Crippen LogP contribution in [-0.2, 0) is 4.84 Å². The van der Waals surface area contributed by atoms with Gasteiger partial charge in [-0.05, 0) is 11.6 Å². The number of rotatable bonds is 0. The van der Waals surface area contributed by atoms with Crippen LogP contribution in [0.4, 0.5) is 0 Å². The van der Waals surface area contributed by atoms with Gasteiger partial charge in [-0.25, -0.2) is 0 Å². The van der Waals surface area contributed by atoms with Crippen molar-refractivity contribution in [3.8, 4) is 0 Å². The third-order valence-corrected chi connectivity index (χ3v) is 0.965. The van der Waals surface area contributed by atoms with Gasteiger partial charge in [-0.3, -0.25) is 0 Å². The van der Waals surface area contributed by atoms with E-state index in [4.69, 9.17) is 23.2 Å². The Bertz CT molecular complexity index is 103. The molecule has 4 heteroatoms. The molecule has 0 aromatic rings. The molecule has 0 amide bonds. The number of alkyl halides is 1. The molecule has 7 heavy (non-hydrogen) atoms. The van der Waals surface area contributed by atoms with E-state index in [2.05, 4.69) is 10.3 Å². The summed E-state index contributed by atoms with van der Waals surface area (Å²) >= 11 is 10.7. The maximum absolute atomic E-state index is 5.41. The normalized spacial score (nSPS) is 29.4. The van der Waals surface area contributed by atoms with Crippen molar-refractivity contribution < 1.29 is 4.84 Å². The molecule has 2 nitrogen and oxygen atoms in total. The summed E-state index contributed by atoms with van der Waals surface area (Å²) < 4.78 is 0. The van der Waals surface area contributed by atoms with E-state index >= 15 is 0 Å². The van der Waals surface area contributed by atoms with Gasteiger partial charge in [-0.2, -0.15) is 0 Å². The molecule has 1 unspecified atom stereocenters. The highest BCUT2D eigenvalue weighted by Gasteiger charge is 2.09. The zero-order valence-corrected chi connectivity index (χ0v) is 4.83. The van der Waals surface area contributed by atoms with Gasteiger partial charge in [0.2, 0.25) is 5.22 Å². The molecule has 0 bridgehead atoms. The molecule has 1 aliphatic heterocycles. The molecule has 0 radical (unpaired) electrons. The van der Waals surface area contributed by atoms with E-state index in [0.29, 0.717) is 5.22 Å². The lowest BCUT2D eigenvalue weighted by Gasteiger charge is -1.93. The molecule has 40 valence electrons. The molecule has 1 atom stereocenters. The molecule has 1 aliphatic rings. The van der Waals surface area contributed by atoms with Gasteiger partial charge >= 0.3 is 0 Å². The average molecular weight is 140 g/mol. The van der Waals surface area contributed by atoms with Crippen LogP contribution in [0.5, 0.6) is 0 Å². The Balaban J connectivity index is 2.50. The van der Waals surface area contributed by atoms with Crippen LogP contribution in [0.15, 0.2) is 11.3 Å². The maximum Gasteiger partial charge on any atom is 0.212 e. The topological polar surface area (TPSA) is 21.3 Å². The van der Waals surface area contributed by atoms with Gasteiger partial charge in [0.25, 0.3) is 0 Å². The Labute approximate surface area is 51.0 Å². The van der Waals surface area contributed by atoms with Crippen molar-refractivity contribution in [1.82, 2.24) is 5.48 Å². The molecule has 0 saturated heterocycles. The molecule has 1 N–H and O–H groups in total. The first-order valence-electron chi connectivity index (χ1n) is 1.73. The van der Waals surface area contributed by atoms with Crippen molar-refractivity contribution >= 4 is 23.2 Å². The second-order valence-electron chi connectivity index (χ2n) is 1.09. The smallest absolute Gasteiger partial charge is 0.212 e. The summed E-state index contributed by atoms with van der Waals surface area (Å²) in [5.74, 6) is 0. The van der Waals surface area contributed by atoms with E-state index < -0.39 is 0 Å². The molecule has 0 saturated carbocycles. The van der Waals surface area contributed by atoms with Crippen molar-refractivity contribution in [2.75, 3.05) is 0 Å². The predicted molar refractivity (Wildman–Crippen MR) is 27.8 cm³/mol. The number of nitrogens with one attached hydrogen (secondary N) is 1. The second kappa shape index (κ2) is 1.90. The number of halogens is 2. The first-order chi connectivity index (χ1) is 3.29. The Morgan fingerprint density at radius 2 is 2.57 bits per heavy atom. The van der Waals surface area contributed by atoms with E-state index in [1.807, 2.05) is 0 Å². The minimum absolute atomic E-state index is 0.271. The van der Waals surface area contributed by atoms with E-state index in [1.165, 1.54) is 0 Å². The van der Waals surface area contributed by atoms with Crippen molar-refractivity contribution in [2.45, 2.75) is 5.50 Å². The van der Waals surface area contributed by atoms with Crippen LogP contribution in [0.1, 0.15) is 0 Å². The summed E-state index contributed by atoms with van der Waals surface area (Å²) in [6.07, 6.45) is 1.56. The fraction of sp³-hybridized carbons (Fsp3) is 0.333. The third kappa shape index (κ3) is 1.23. The minimum Gasteiger partial charge on any atom is -0.395 e. The van der Waals surface area contributed by atoms with Gasteiger partial charge in [0, 0.05) is 6.08 Å². The van der Waals surface area contributed by atoms with Gasteiger partial charge in [-0.1, -0.05) is 11.6 Å². The molecule has 0 aliphatic carbocycles. The average Bonchev–Trinajstić information content (AvgIpc) is 1.87. The predicted octanol–water partition coefficient (Wildman–Crippen LogP) is 1.17. The molecule has 0 aromatic carbocycles. The first kappa shape index (κ1) is 5.22. The SMILES string of the molecule is ClC1=CC(Cl)NO1. The van der Waals surface area contributed by atoms with Crippen LogP contribution < -0.4 is 5.48 Å². The Hall–Kier alpha value is 0.0800. The van der Waals surface area contributed by atoms with Gasteiger partial charge in [0.1, 0.15) is 5.50 Å².